The summed E-state index contributed by atoms with van der Waals surface area (Å²) in [7, 11) is -2.80. The highest BCUT2D eigenvalue weighted by Crippen LogP contribution is 2.36. The lowest BCUT2D eigenvalue weighted by Crippen LogP contribution is -2.14. The molecule has 2 aromatic rings. The van der Waals surface area contributed by atoms with Gasteiger partial charge in [-0.15, -0.1) is 0 Å². The molecule has 3 N–H and O–H groups in total. The predicted octanol–water partition coefficient (Wildman–Crippen LogP) is 3.40. The lowest BCUT2D eigenvalue weighted by atomic mass is 10.2. The van der Waals surface area contributed by atoms with Gasteiger partial charge in [-0.2, -0.15) is 0 Å². The van der Waals surface area contributed by atoms with Gasteiger partial charge in [0.2, 0.25) is 0 Å². The Morgan fingerprint density at radius 3 is 2.58 bits per heavy atom. The van der Waals surface area contributed by atoms with Crippen LogP contribution in [0.3, 0.4) is 0 Å². The number of hydrogen-bond donors (Lipinski definition) is 2. The van der Waals surface area contributed by atoms with Crippen molar-refractivity contribution in [1.29, 1.82) is 0 Å². The van der Waals surface area contributed by atoms with Gasteiger partial charge < -0.3 is 10.5 Å². The van der Waals surface area contributed by atoms with Crippen molar-refractivity contribution in [3.63, 3.8) is 0 Å². The second-order valence-corrected chi connectivity index (χ2v) is 7.50. The first-order valence-electron chi connectivity index (χ1n) is 6.25. The highest BCUT2D eigenvalue weighted by Gasteiger charge is 2.24. The zero-order chi connectivity index (χ0) is 18.1. The molecule has 0 saturated carbocycles. The lowest BCUT2D eigenvalue weighted by molar-refractivity contribution is -0.383. The Morgan fingerprint density at radius 1 is 1.33 bits per heavy atom. The Bertz CT molecular complexity index is 920. The molecule has 0 spiro atoms. The van der Waals surface area contributed by atoms with E-state index in [0.717, 1.165) is 6.07 Å². The molecule has 0 aliphatic rings. The minimum Gasteiger partial charge on any atom is -0.494 e. The zero-order valence-electron chi connectivity index (χ0n) is 12.1. The van der Waals surface area contributed by atoms with Crippen LogP contribution in [0.25, 0.3) is 0 Å². The second-order valence-electron chi connectivity index (χ2n) is 4.56. The number of ether oxygens (including phenoxy) is 1. The molecule has 0 unspecified atom stereocenters. The van der Waals surface area contributed by atoms with Crippen LogP contribution in [0.1, 0.15) is 0 Å². The summed E-state index contributed by atoms with van der Waals surface area (Å²) in [5, 5.41) is 11.1. The molecular formula is C13H11BrClN3O5S. The van der Waals surface area contributed by atoms with Crippen LogP contribution in [0.15, 0.2) is 39.7 Å². The fourth-order valence-electron chi connectivity index (χ4n) is 1.91. The number of nitrogens with zero attached hydrogens (tertiary/aromatic N) is 1. The molecule has 0 aliphatic heterocycles. The van der Waals surface area contributed by atoms with Gasteiger partial charge in [0.25, 0.3) is 15.7 Å². The molecule has 0 fully saturated rings. The number of methoxy groups -OCH3 is 1. The Hall–Kier alpha value is -2.04. The number of nitro benzene ring substituents is 1. The fraction of sp³-hybridized carbons (Fsp3) is 0.0769. The van der Waals surface area contributed by atoms with Crippen molar-refractivity contribution in [1.82, 2.24) is 0 Å². The smallest absolute Gasteiger partial charge is 0.294 e. The first-order valence-corrected chi connectivity index (χ1v) is 8.91. The number of nitro groups is 1. The Labute approximate surface area is 150 Å². The molecule has 128 valence electrons. The highest BCUT2D eigenvalue weighted by molar-refractivity contribution is 9.10. The van der Waals surface area contributed by atoms with E-state index < -0.39 is 20.6 Å². The molecule has 0 bridgehead atoms. The van der Waals surface area contributed by atoms with Crippen LogP contribution in [0.2, 0.25) is 5.02 Å². The largest absolute Gasteiger partial charge is 0.494 e. The van der Waals surface area contributed by atoms with Gasteiger partial charge in [0.05, 0.1) is 22.2 Å². The number of sulfonamides is 1. The number of benzene rings is 2. The summed E-state index contributed by atoms with van der Waals surface area (Å²) >= 11 is 9.06. The molecular weight excluding hydrogens is 426 g/mol. The third kappa shape index (κ3) is 3.71. The molecule has 8 nitrogen and oxygen atoms in total. The second kappa shape index (κ2) is 6.83. The maximum absolute atomic E-state index is 12.6. The summed E-state index contributed by atoms with van der Waals surface area (Å²) in [6.07, 6.45) is 0. The van der Waals surface area contributed by atoms with Crippen LogP contribution in [0, 0.1) is 10.1 Å². The standard InChI is InChI=1S/C13H11BrClN3O5S/c1-23-13-9(14)4-7(15)5-12(13)24(21,22)17-8-2-3-10(16)11(6-8)18(19)20/h2-6,17H,16H2,1H3. The van der Waals surface area contributed by atoms with Crippen LogP contribution in [-0.2, 0) is 10.0 Å². The van der Waals surface area contributed by atoms with Gasteiger partial charge in [-0.25, -0.2) is 8.42 Å². The van der Waals surface area contributed by atoms with E-state index in [-0.39, 0.29) is 27.0 Å². The molecule has 11 heteroatoms. The van der Waals surface area contributed by atoms with Crippen molar-refractivity contribution in [2.45, 2.75) is 4.90 Å². The molecule has 0 amide bonds. The van der Waals surface area contributed by atoms with Crippen molar-refractivity contribution in [2.75, 3.05) is 17.6 Å². The van der Waals surface area contributed by atoms with Gasteiger partial charge in [0, 0.05) is 11.1 Å². The van der Waals surface area contributed by atoms with Crippen LogP contribution in [0.4, 0.5) is 17.1 Å². The Kier molecular flexibility index (Phi) is 5.21. The maximum atomic E-state index is 12.6. The number of nitrogen functional groups attached to an aromatic ring is 1. The zero-order valence-corrected chi connectivity index (χ0v) is 15.3. The highest BCUT2D eigenvalue weighted by atomic mass is 79.9. The molecule has 0 atom stereocenters. The molecule has 2 aromatic carbocycles. The minimum absolute atomic E-state index is 0.0194. The van der Waals surface area contributed by atoms with E-state index in [9.17, 15) is 18.5 Å². The summed E-state index contributed by atoms with van der Waals surface area (Å²) in [4.78, 5) is 9.98. The molecule has 0 aromatic heterocycles. The summed E-state index contributed by atoms with van der Waals surface area (Å²) in [6, 6.07) is 6.26. The monoisotopic (exact) mass is 435 g/mol. The fourth-order valence-corrected chi connectivity index (χ4v) is 4.34. The van der Waals surface area contributed by atoms with Crippen LogP contribution >= 0.6 is 27.5 Å². The van der Waals surface area contributed by atoms with E-state index in [1.807, 2.05) is 0 Å². The number of nitrogens with two attached hydrogens (primary N) is 1. The first-order chi connectivity index (χ1) is 11.2. The molecule has 0 radical (unpaired) electrons. The van der Waals surface area contributed by atoms with E-state index in [4.69, 9.17) is 22.1 Å². The molecule has 0 heterocycles. The van der Waals surface area contributed by atoms with Crippen molar-refractivity contribution >= 4 is 54.6 Å². The van der Waals surface area contributed by atoms with E-state index in [0.29, 0.717) is 4.47 Å². The van der Waals surface area contributed by atoms with Gasteiger partial charge in [0.1, 0.15) is 10.6 Å². The van der Waals surface area contributed by atoms with Gasteiger partial charge in [-0.1, -0.05) is 11.6 Å². The van der Waals surface area contributed by atoms with Crippen molar-refractivity contribution in [3.8, 4) is 5.75 Å². The average molecular weight is 437 g/mol. The molecule has 0 aliphatic carbocycles. The Morgan fingerprint density at radius 2 is 2.00 bits per heavy atom. The SMILES string of the molecule is COc1c(Br)cc(Cl)cc1S(=O)(=O)Nc1ccc(N)c([N+](=O)[O-])c1. The van der Waals surface area contributed by atoms with E-state index in [1.165, 1.54) is 31.4 Å². The number of nitrogens with one attached hydrogen (secondary N) is 1. The summed E-state index contributed by atoms with van der Waals surface area (Å²) in [5.74, 6) is 0.0526. The number of anilines is 2. The van der Waals surface area contributed by atoms with Gasteiger partial charge >= 0.3 is 0 Å². The first kappa shape index (κ1) is 18.3. The minimum atomic E-state index is -4.11. The van der Waals surface area contributed by atoms with Crippen molar-refractivity contribution in [2.24, 2.45) is 0 Å². The van der Waals surface area contributed by atoms with Gasteiger partial charge in [0.15, 0.2) is 5.75 Å². The van der Waals surface area contributed by atoms with E-state index >= 15 is 0 Å². The molecule has 0 saturated heterocycles. The molecule has 2 rings (SSSR count). The Balaban J connectivity index is 2.50. The summed E-state index contributed by atoms with van der Waals surface area (Å²) in [5.41, 5.74) is 4.98. The maximum Gasteiger partial charge on any atom is 0.294 e. The quantitative estimate of drug-likeness (QED) is 0.420. The third-order valence-corrected chi connectivity index (χ3v) is 5.14. The van der Waals surface area contributed by atoms with Crippen LogP contribution in [-0.4, -0.2) is 20.5 Å². The van der Waals surface area contributed by atoms with E-state index in [1.54, 1.807) is 0 Å². The summed E-state index contributed by atoms with van der Waals surface area (Å²) < 4.78 is 32.8. The topological polar surface area (TPSA) is 125 Å². The van der Waals surface area contributed by atoms with Gasteiger partial charge in [-0.05, 0) is 40.2 Å². The number of rotatable bonds is 5. The van der Waals surface area contributed by atoms with Crippen molar-refractivity contribution < 1.29 is 18.1 Å². The van der Waals surface area contributed by atoms with Crippen LogP contribution < -0.4 is 15.2 Å². The predicted molar refractivity (Wildman–Crippen MR) is 94.0 cm³/mol. The van der Waals surface area contributed by atoms with E-state index in [2.05, 4.69) is 20.7 Å². The van der Waals surface area contributed by atoms with Crippen LogP contribution in [0.5, 0.6) is 5.75 Å². The normalized spacial score (nSPS) is 11.1. The number of halogens is 2. The molecule has 24 heavy (non-hydrogen) atoms. The lowest BCUT2D eigenvalue weighted by Gasteiger charge is -2.13. The third-order valence-electron chi connectivity index (χ3n) is 2.95. The average Bonchev–Trinajstić information content (AvgIpc) is 2.48. The number of hydrogen-bond acceptors (Lipinski definition) is 6. The summed E-state index contributed by atoms with van der Waals surface area (Å²) in [6.45, 7) is 0. The van der Waals surface area contributed by atoms with Crippen molar-refractivity contribution in [3.05, 3.63) is 49.9 Å². The van der Waals surface area contributed by atoms with Gasteiger partial charge in [-0.3, -0.25) is 14.8 Å².